The summed E-state index contributed by atoms with van der Waals surface area (Å²) in [5, 5.41) is 10.0. The Morgan fingerprint density at radius 3 is 1.79 bits per heavy atom. The van der Waals surface area contributed by atoms with Crippen molar-refractivity contribution in [1.82, 2.24) is 0 Å². The highest BCUT2D eigenvalue weighted by Gasteiger charge is 2.29. The third-order valence-corrected chi connectivity index (χ3v) is 6.15. The molecule has 28 heavy (non-hydrogen) atoms. The minimum Gasteiger partial charge on any atom is -0.478 e. The number of halogens is 2. The van der Waals surface area contributed by atoms with Gasteiger partial charge in [0.1, 0.15) is 0 Å². The predicted molar refractivity (Wildman–Crippen MR) is 120 cm³/mol. The third-order valence-electron chi connectivity index (χ3n) is 5.20. The van der Waals surface area contributed by atoms with Gasteiger partial charge in [-0.2, -0.15) is 0 Å². The number of benzene rings is 1. The molecule has 0 saturated heterocycles. The lowest BCUT2D eigenvalue weighted by atomic mass is 9.93. The first-order valence-electron chi connectivity index (χ1n) is 10.9. The molecule has 160 valence electrons. The van der Waals surface area contributed by atoms with E-state index in [0.717, 1.165) is 56.9 Å². The summed E-state index contributed by atoms with van der Waals surface area (Å²) in [5.74, 6) is -1.37. The second-order valence-corrected chi connectivity index (χ2v) is 8.31. The number of aromatic carboxylic acids is 1. The minimum atomic E-state index is -1.03. The molecule has 0 aliphatic rings. The van der Waals surface area contributed by atoms with Crippen LogP contribution < -0.4 is 4.90 Å². The van der Waals surface area contributed by atoms with Crippen molar-refractivity contribution in [3.63, 3.8) is 0 Å². The van der Waals surface area contributed by atoms with E-state index in [1.54, 1.807) is 0 Å². The summed E-state index contributed by atoms with van der Waals surface area (Å²) >= 11 is 3.58. The normalized spacial score (nSPS) is 11.1. The first kappa shape index (κ1) is 24.9. The van der Waals surface area contributed by atoms with Crippen molar-refractivity contribution >= 4 is 27.6 Å². The van der Waals surface area contributed by atoms with Gasteiger partial charge in [-0.1, -0.05) is 69.3 Å². The summed E-state index contributed by atoms with van der Waals surface area (Å²) in [6.07, 6.45) is 8.84. The fraction of sp³-hybridized carbons (Fsp3) is 0.696. The van der Waals surface area contributed by atoms with Crippen LogP contribution in [0.3, 0.4) is 0 Å². The van der Waals surface area contributed by atoms with Crippen molar-refractivity contribution in [3.8, 4) is 0 Å². The van der Waals surface area contributed by atoms with Crippen LogP contribution >= 0.6 is 15.9 Å². The van der Waals surface area contributed by atoms with Gasteiger partial charge in [-0.25, -0.2) is 9.18 Å². The Hall–Kier alpha value is -1.10. The molecule has 1 rings (SSSR count). The molecular formula is C23H37BrFNO2. The average Bonchev–Trinajstić information content (AvgIpc) is 2.67. The molecule has 0 aliphatic carbocycles. The quantitative estimate of drug-likeness (QED) is 0.316. The lowest BCUT2D eigenvalue weighted by molar-refractivity contribution is 0.0695. The Kier molecular flexibility index (Phi) is 11.7. The maximum absolute atomic E-state index is 15.7. The van der Waals surface area contributed by atoms with Crippen LogP contribution in [-0.2, 0) is 12.8 Å². The van der Waals surface area contributed by atoms with Gasteiger partial charge in [0.25, 0.3) is 0 Å². The molecule has 0 fully saturated rings. The van der Waals surface area contributed by atoms with Gasteiger partial charge in [0, 0.05) is 23.1 Å². The molecule has 1 N–H and O–H groups in total. The van der Waals surface area contributed by atoms with Crippen LogP contribution in [0.15, 0.2) is 4.47 Å². The van der Waals surface area contributed by atoms with Gasteiger partial charge in [-0.15, -0.1) is 0 Å². The zero-order chi connectivity index (χ0) is 21.1. The van der Waals surface area contributed by atoms with Crippen LogP contribution in [0, 0.1) is 5.82 Å². The number of unbranched alkanes of at least 4 members (excludes halogenated alkanes) is 4. The Labute approximate surface area is 178 Å². The minimum absolute atomic E-state index is 0.158. The summed E-state index contributed by atoms with van der Waals surface area (Å²) in [5.41, 5.74) is 1.88. The summed E-state index contributed by atoms with van der Waals surface area (Å²) in [6, 6.07) is 0. The molecule has 0 bridgehead atoms. The van der Waals surface area contributed by atoms with E-state index in [1.165, 1.54) is 0 Å². The van der Waals surface area contributed by atoms with Gasteiger partial charge >= 0.3 is 5.97 Å². The largest absolute Gasteiger partial charge is 0.478 e. The van der Waals surface area contributed by atoms with Gasteiger partial charge in [0.15, 0.2) is 5.82 Å². The zero-order valence-corrected chi connectivity index (χ0v) is 19.6. The molecular weight excluding hydrogens is 421 g/mol. The highest BCUT2D eigenvalue weighted by Crippen LogP contribution is 2.39. The number of carboxylic acid groups (broad SMARTS) is 1. The van der Waals surface area contributed by atoms with Crippen molar-refractivity contribution in [3.05, 3.63) is 27.0 Å². The molecule has 0 heterocycles. The van der Waals surface area contributed by atoms with E-state index < -0.39 is 5.97 Å². The number of carbonyl (C=O) groups is 1. The lowest BCUT2D eigenvalue weighted by Gasteiger charge is -2.30. The fourth-order valence-electron chi connectivity index (χ4n) is 3.51. The van der Waals surface area contributed by atoms with Gasteiger partial charge in [-0.3, -0.25) is 0 Å². The first-order chi connectivity index (χ1) is 13.4. The standard InChI is InChI=1S/C23H37BrFNO2/c1-5-9-13-17-19(23(27)28)22(26(15-11-7-3)16-12-8-4)21(25)18(20(17)24)14-10-6-2/h5-16H2,1-4H3,(H,27,28). The molecule has 0 aliphatic heterocycles. The summed E-state index contributed by atoms with van der Waals surface area (Å²) < 4.78 is 16.4. The van der Waals surface area contributed by atoms with Gasteiger partial charge in [0.2, 0.25) is 0 Å². The molecule has 0 saturated carbocycles. The number of carboxylic acids is 1. The Balaban J connectivity index is 3.68. The van der Waals surface area contributed by atoms with Crippen molar-refractivity contribution in [1.29, 1.82) is 0 Å². The van der Waals surface area contributed by atoms with E-state index in [-0.39, 0.29) is 11.4 Å². The maximum Gasteiger partial charge on any atom is 0.338 e. The molecule has 1 aromatic rings. The monoisotopic (exact) mass is 457 g/mol. The van der Waals surface area contributed by atoms with Crippen LogP contribution in [-0.4, -0.2) is 24.2 Å². The van der Waals surface area contributed by atoms with Gasteiger partial charge < -0.3 is 10.0 Å². The summed E-state index contributed by atoms with van der Waals surface area (Å²) in [6.45, 7) is 9.77. The summed E-state index contributed by atoms with van der Waals surface area (Å²) in [4.78, 5) is 14.3. The number of hydrogen-bond donors (Lipinski definition) is 1. The number of nitrogens with zero attached hydrogens (tertiary/aromatic N) is 1. The molecule has 0 spiro atoms. The molecule has 1 aromatic carbocycles. The number of hydrogen-bond acceptors (Lipinski definition) is 2. The van der Waals surface area contributed by atoms with E-state index >= 15 is 4.39 Å². The fourth-order valence-corrected chi connectivity index (χ4v) is 4.27. The van der Waals surface area contributed by atoms with Crippen molar-refractivity contribution in [2.45, 2.75) is 91.9 Å². The molecule has 0 unspecified atom stereocenters. The SMILES string of the molecule is CCCCc1c(F)c(N(CCCC)CCCC)c(C(=O)O)c(CCCC)c1Br. The highest BCUT2D eigenvalue weighted by molar-refractivity contribution is 9.10. The van der Waals surface area contributed by atoms with E-state index in [9.17, 15) is 9.90 Å². The topological polar surface area (TPSA) is 40.5 Å². The number of rotatable bonds is 14. The highest BCUT2D eigenvalue weighted by atomic mass is 79.9. The van der Waals surface area contributed by atoms with Crippen molar-refractivity contribution in [2.24, 2.45) is 0 Å². The van der Waals surface area contributed by atoms with E-state index in [1.807, 2.05) is 4.90 Å². The Morgan fingerprint density at radius 1 is 0.893 bits per heavy atom. The van der Waals surface area contributed by atoms with Gasteiger partial charge in [-0.05, 0) is 44.1 Å². The first-order valence-corrected chi connectivity index (χ1v) is 11.7. The smallest absolute Gasteiger partial charge is 0.338 e. The predicted octanol–water partition coefficient (Wildman–Crippen LogP) is 7.38. The van der Waals surface area contributed by atoms with E-state index in [4.69, 9.17) is 0 Å². The summed E-state index contributed by atoms with van der Waals surface area (Å²) in [7, 11) is 0. The molecule has 0 amide bonds. The maximum atomic E-state index is 15.7. The van der Waals surface area contributed by atoms with Crippen LogP contribution in [0.4, 0.5) is 10.1 Å². The zero-order valence-electron chi connectivity index (χ0n) is 18.0. The van der Waals surface area contributed by atoms with Crippen LogP contribution in [0.2, 0.25) is 0 Å². The molecule has 0 aromatic heterocycles. The second kappa shape index (κ2) is 13.2. The van der Waals surface area contributed by atoms with Crippen LogP contribution in [0.5, 0.6) is 0 Å². The third kappa shape index (κ3) is 6.47. The Bertz CT molecular complexity index is 626. The second-order valence-electron chi connectivity index (χ2n) is 7.52. The average molecular weight is 458 g/mol. The van der Waals surface area contributed by atoms with Crippen LogP contribution in [0.25, 0.3) is 0 Å². The molecule has 0 radical (unpaired) electrons. The Morgan fingerprint density at radius 2 is 1.36 bits per heavy atom. The molecule has 5 heteroatoms. The number of anilines is 1. The van der Waals surface area contributed by atoms with Crippen molar-refractivity contribution in [2.75, 3.05) is 18.0 Å². The van der Waals surface area contributed by atoms with E-state index in [0.29, 0.717) is 41.7 Å². The van der Waals surface area contributed by atoms with Crippen LogP contribution in [0.1, 0.15) is 101 Å². The lowest BCUT2D eigenvalue weighted by Crippen LogP contribution is -2.30. The molecule has 0 atom stereocenters. The van der Waals surface area contributed by atoms with E-state index in [2.05, 4.69) is 43.6 Å². The van der Waals surface area contributed by atoms with Crippen molar-refractivity contribution < 1.29 is 14.3 Å². The van der Waals surface area contributed by atoms with Gasteiger partial charge in [0.05, 0.1) is 11.3 Å². The molecule has 3 nitrogen and oxygen atoms in total.